The summed E-state index contributed by atoms with van der Waals surface area (Å²) in [5, 5.41) is 0. The average Bonchev–Trinajstić information content (AvgIpc) is 2.09. The van der Waals surface area contributed by atoms with Gasteiger partial charge in [0, 0.05) is 11.9 Å². The Bertz CT molecular complexity index is 305. The van der Waals surface area contributed by atoms with E-state index < -0.39 is 0 Å². The molecular formula is C11H15NO. The van der Waals surface area contributed by atoms with Crippen LogP contribution in [0.1, 0.15) is 23.7 Å². The van der Waals surface area contributed by atoms with Gasteiger partial charge in [-0.15, -0.1) is 0 Å². The number of aryl methyl sites for hydroxylation is 2. The van der Waals surface area contributed by atoms with E-state index in [2.05, 4.69) is 18.0 Å². The van der Waals surface area contributed by atoms with Crippen molar-refractivity contribution in [2.45, 2.75) is 20.8 Å². The van der Waals surface area contributed by atoms with Crippen LogP contribution in [0.3, 0.4) is 0 Å². The molecule has 2 nitrogen and oxygen atoms in total. The summed E-state index contributed by atoms with van der Waals surface area (Å²) in [5.41, 5.74) is 3.38. The summed E-state index contributed by atoms with van der Waals surface area (Å²) >= 11 is 0. The highest BCUT2D eigenvalue weighted by molar-refractivity contribution is 5.51. The van der Waals surface area contributed by atoms with Gasteiger partial charge in [0.2, 0.25) is 0 Å². The Morgan fingerprint density at radius 3 is 2.85 bits per heavy atom. The SMILES string of the molecule is CCO/C=C/c1cnc(C)cc1C. The predicted octanol–water partition coefficient (Wildman–Crippen LogP) is 2.71. The summed E-state index contributed by atoms with van der Waals surface area (Å²) in [6.07, 6.45) is 5.50. The van der Waals surface area contributed by atoms with Crippen LogP contribution in [0.2, 0.25) is 0 Å². The molecule has 1 rings (SSSR count). The molecule has 0 N–H and O–H groups in total. The van der Waals surface area contributed by atoms with Crippen LogP contribution in [-0.2, 0) is 4.74 Å². The Balaban J connectivity index is 2.77. The van der Waals surface area contributed by atoms with Crippen molar-refractivity contribution in [2.75, 3.05) is 6.61 Å². The third-order valence-electron chi connectivity index (χ3n) is 1.80. The lowest BCUT2D eigenvalue weighted by Gasteiger charge is -2.00. The number of nitrogens with zero attached hydrogens (tertiary/aromatic N) is 1. The molecule has 0 aliphatic heterocycles. The molecular weight excluding hydrogens is 162 g/mol. The van der Waals surface area contributed by atoms with Gasteiger partial charge in [-0.2, -0.15) is 0 Å². The lowest BCUT2D eigenvalue weighted by atomic mass is 10.1. The van der Waals surface area contributed by atoms with Crippen molar-refractivity contribution >= 4 is 6.08 Å². The number of hydrogen-bond donors (Lipinski definition) is 0. The van der Waals surface area contributed by atoms with E-state index in [1.165, 1.54) is 5.56 Å². The maximum Gasteiger partial charge on any atom is 0.0845 e. The minimum atomic E-state index is 0.703. The molecule has 0 aliphatic carbocycles. The highest BCUT2D eigenvalue weighted by atomic mass is 16.5. The zero-order valence-electron chi connectivity index (χ0n) is 8.37. The minimum absolute atomic E-state index is 0.703. The second-order valence-electron chi connectivity index (χ2n) is 2.94. The van der Waals surface area contributed by atoms with Gasteiger partial charge in [-0.05, 0) is 44.0 Å². The van der Waals surface area contributed by atoms with Crippen LogP contribution < -0.4 is 0 Å². The highest BCUT2D eigenvalue weighted by Gasteiger charge is 1.94. The normalized spacial score (nSPS) is 10.7. The summed E-state index contributed by atoms with van der Waals surface area (Å²) in [5.74, 6) is 0. The summed E-state index contributed by atoms with van der Waals surface area (Å²) in [4.78, 5) is 4.21. The molecule has 70 valence electrons. The molecule has 0 fully saturated rings. The molecule has 1 heterocycles. The van der Waals surface area contributed by atoms with Crippen LogP contribution in [0, 0.1) is 13.8 Å². The molecule has 0 amide bonds. The molecule has 1 aromatic rings. The lowest BCUT2D eigenvalue weighted by molar-refractivity contribution is 0.272. The molecule has 2 heteroatoms. The van der Waals surface area contributed by atoms with Crippen molar-refractivity contribution in [3.05, 3.63) is 35.3 Å². The average molecular weight is 177 g/mol. The molecule has 0 saturated carbocycles. The van der Waals surface area contributed by atoms with Crippen molar-refractivity contribution in [3.63, 3.8) is 0 Å². The second kappa shape index (κ2) is 4.65. The standard InChI is InChI=1S/C11H15NO/c1-4-13-6-5-11-8-12-10(3)7-9(11)2/h5-8H,4H2,1-3H3/b6-5+. The molecule has 0 saturated heterocycles. The number of pyridine rings is 1. The van der Waals surface area contributed by atoms with Crippen LogP contribution in [-0.4, -0.2) is 11.6 Å². The van der Waals surface area contributed by atoms with Crippen molar-refractivity contribution in [3.8, 4) is 0 Å². The van der Waals surface area contributed by atoms with Gasteiger partial charge >= 0.3 is 0 Å². The number of rotatable bonds is 3. The summed E-state index contributed by atoms with van der Waals surface area (Å²) in [7, 11) is 0. The number of ether oxygens (including phenoxy) is 1. The van der Waals surface area contributed by atoms with Gasteiger partial charge in [0.05, 0.1) is 12.9 Å². The molecule has 0 bridgehead atoms. The molecule has 0 aromatic carbocycles. The van der Waals surface area contributed by atoms with Crippen LogP contribution in [0.15, 0.2) is 18.5 Å². The van der Waals surface area contributed by atoms with Crippen molar-refractivity contribution in [1.82, 2.24) is 4.98 Å². The fourth-order valence-electron chi connectivity index (χ4n) is 1.10. The second-order valence-corrected chi connectivity index (χ2v) is 2.94. The third kappa shape index (κ3) is 2.90. The first-order chi connectivity index (χ1) is 6.24. The van der Waals surface area contributed by atoms with Gasteiger partial charge in [0.1, 0.15) is 0 Å². The summed E-state index contributed by atoms with van der Waals surface area (Å²) in [6, 6.07) is 2.06. The van der Waals surface area contributed by atoms with Gasteiger partial charge in [-0.3, -0.25) is 4.98 Å². The predicted molar refractivity (Wildman–Crippen MR) is 54.4 cm³/mol. The fourth-order valence-corrected chi connectivity index (χ4v) is 1.10. The zero-order chi connectivity index (χ0) is 9.68. The van der Waals surface area contributed by atoms with Crippen LogP contribution in [0.5, 0.6) is 0 Å². The van der Waals surface area contributed by atoms with E-state index in [0.29, 0.717) is 6.61 Å². The van der Waals surface area contributed by atoms with E-state index in [1.807, 2.05) is 26.1 Å². The monoisotopic (exact) mass is 177 g/mol. The van der Waals surface area contributed by atoms with Gasteiger partial charge in [0.15, 0.2) is 0 Å². The van der Waals surface area contributed by atoms with E-state index >= 15 is 0 Å². The molecule has 0 unspecified atom stereocenters. The minimum Gasteiger partial charge on any atom is -0.501 e. The Morgan fingerprint density at radius 2 is 2.23 bits per heavy atom. The van der Waals surface area contributed by atoms with Crippen molar-refractivity contribution < 1.29 is 4.74 Å². The molecule has 0 radical (unpaired) electrons. The third-order valence-corrected chi connectivity index (χ3v) is 1.80. The van der Waals surface area contributed by atoms with Gasteiger partial charge < -0.3 is 4.74 Å². The molecule has 13 heavy (non-hydrogen) atoms. The van der Waals surface area contributed by atoms with Crippen molar-refractivity contribution in [1.29, 1.82) is 0 Å². The van der Waals surface area contributed by atoms with Gasteiger partial charge in [-0.25, -0.2) is 0 Å². The van der Waals surface area contributed by atoms with Crippen LogP contribution in [0.4, 0.5) is 0 Å². The Kier molecular flexibility index (Phi) is 3.50. The molecule has 0 aliphatic rings. The van der Waals surface area contributed by atoms with E-state index in [9.17, 15) is 0 Å². The van der Waals surface area contributed by atoms with Crippen LogP contribution >= 0.6 is 0 Å². The topological polar surface area (TPSA) is 22.1 Å². The Labute approximate surface area is 79.3 Å². The van der Waals surface area contributed by atoms with E-state index in [0.717, 1.165) is 11.3 Å². The number of aromatic nitrogens is 1. The summed E-state index contributed by atoms with van der Waals surface area (Å²) < 4.78 is 5.11. The lowest BCUT2D eigenvalue weighted by Crippen LogP contribution is -1.87. The fraction of sp³-hybridized carbons (Fsp3) is 0.364. The van der Waals surface area contributed by atoms with E-state index in [4.69, 9.17) is 4.74 Å². The molecule has 0 spiro atoms. The zero-order valence-corrected chi connectivity index (χ0v) is 8.37. The highest BCUT2D eigenvalue weighted by Crippen LogP contribution is 2.09. The quantitative estimate of drug-likeness (QED) is 0.662. The summed E-state index contributed by atoms with van der Waals surface area (Å²) in [6.45, 7) is 6.72. The first-order valence-corrected chi connectivity index (χ1v) is 4.45. The Hall–Kier alpha value is -1.31. The maximum atomic E-state index is 5.11. The number of hydrogen-bond acceptors (Lipinski definition) is 2. The smallest absolute Gasteiger partial charge is 0.0845 e. The molecule has 0 atom stereocenters. The van der Waals surface area contributed by atoms with Gasteiger partial charge in [0.25, 0.3) is 0 Å². The van der Waals surface area contributed by atoms with E-state index in [1.54, 1.807) is 6.26 Å². The Morgan fingerprint density at radius 1 is 1.46 bits per heavy atom. The first kappa shape index (κ1) is 9.78. The van der Waals surface area contributed by atoms with Gasteiger partial charge in [-0.1, -0.05) is 0 Å². The van der Waals surface area contributed by atoms with Crippen LogP contribution in [0.25, 0.3) is 6.08 Å². The largest absolute Gasteiger partial charge is 0.501 e. The van der Waals surface area contributed by atoms with Crippen molar-refractivity contribution in [2.24, 2.45) is 0 Å². The first-order valence-electron chi connectivity index (χ1n) is 4.45. The molecule has 1 aromatic heterocycles. The van der Waals surface area contributed by atoms with E-state index in [-0.39, 0.29) is 0 Å². The maximum absolute atomic E-state index is 5.11.